The van der Waals surface area contributed by atoms with Gasteiger partial charge in [0.15, 0.2) is 0 Å². The minimum absolute atomic E-state index is 0.146. The van der Waals surface area contributed by atoms with E-state index in [0.29, 0.717) is 13.0 Å². The fourth-order valence-corrected chi connectivity index (χ4v) is 4.36. The molecule has 4 unspecified atom stereocenters. The fraction of sp³-hybridized carbons (Fsp3) is 0.421. The number of nitrogens with one attached hydrogen (secondary N) is 1. The summed E-state index contributed by atoms with van der Waals surface area (Å²) in [7, 11) is 0. The van der Waals surface area contributed by atoms with Crippen LogP contribution in [0, 0.1) is 29.5 Å². The van der Waals surface area contributed by atoms with Gasteiger partial charge in [-0.2, -0.15) is 0 Å². The van der Waals surface area contributed by atoms with E-state index in [1.807, 2.05) is 12.2 Å². The molecule has 0 spiro atoms. The number of hydrogen-bond donors (Lipinski definition) is 1. The summed E-state index contributed by atoms with van der Waals surface area (Å²) in [5, 5.41) is 2.70. The van der Waals surface area contributed by atoms with E-state index in [-0.39, 0.29) is 53.8 Å². The molecule has 6 heteroatoms. The van der Waals surface area contributed by atoms with E-state index in [1.165, 1.54) is 12.1 Å². The number of carbonyl (C=O) groups excluding carboxylic acids is 3. The van der Waals surface area contributed by atoms with E-state index in [9.17, 15) is 18.8 Å². The maximum absolute atomic E-state index is 13.1. The molecule has 2 aliphatic carbocycles. The molecular weight excluding hydrogens is 323 g/mol. The van der Waals surface area contributed by atoms with Crippen molar-refractivity contribution in [1.29, 1.82) is 0 Å². The number of fused-ring (bicyclic) bond motifs is 5. The lowest BCUT2D eigenvalue weighted by molar-refractivity contribution is -0.144. The Morgan fingerprint density at radius 2 is 1.84 bits per heavy atom. The summed E-state index contributed by atoms with van der Waals surface area (Å²) in [4.78, 5) is 38.2. The minimum atomic E-state index is -0.363. The van der Waals surface area contributed by atoms with E-state index in [0.717, 1.165) is 16.9 Å². The van der Waals surface area contributed by atoms with Crippen LogP contribution in [0.25, 0.3) is 0 Å². The van der Waals surface area contributed by atoms with Gasteiger partial charge in [-0.1, -0.05) is 24.3 Å². The molecule has 1 saturated carbocycles. The molecule has 2 fully saturated rings. The predicted octanol–water partition coefficient (Wildman–Crippen LogP) is 1.29. The highest BCUT2D eigenvalue weighted by Gasteiger charge is 2.59. The van der Waals surface area contributed by atoms with Crippen molar-refractivity contribution in [3.8, 4) is 0 Å². The van der Waals surface area contributed by atoms with E-state index < -0.39 is 0 Å². The van der Waals surface area contributed by atoms with Gasteiger partial charge in [0.25, 0.3) is 0 Å². The number of benzene rings is 1. The first kappa shape index (κ1) is 16.0. The quantitative estimate of drug-likeness (QED) is 0.648. The Morgan fingerprint density at radius 1 is 1.16 bits per heavy atom. The summed E-state index contributed by atoms with van der Waals surface area (Å²) in [6.45, 7) is 0.103. The minimum Gasteiger partial charge on any atom is -0.354 e. The van der Waals surface area contributed by atoms with Crippen molar-refractivity contribution in [3.63, 3.8) is 0 Å². The third kappa shape index (κ3) is 2.75. The molecule has 1 saturated heterocycles. The number of rotatable bonds is 5. The summed E-state index contributed by atoms with van der Waals surface area (Å²) in [5.74, 6) is -1.37. The van der Waals surface area contributed by atoms with E-state index >= 15 is 0 Å². The molecule has 1 N–H and O–H groups in total. The molecule has 5 nitrogen and oxygen atoms in total. The highest BCUT2D eigenvalue weighted by Crippen LogP contribution is 2.52. The first-order valence-electron chi connectivity index (χ1n) is 8.59. The van der Waals surface area contributed by atoms with Gasteiger partial charge in [0.1, 0.15) is 12.4 Å². The molecule has 1 aromatic rings. The summed E-state index contributed by atoms with van der Waals surface area (Å²) in [5.41, 5.74) is 0.783. The average molecular weight is 342 g/mol. The monoisotopic (exact) mass is 342 g/mol. The van der Waals surface area contributed by atoms with E-state index in [4.69, 9.17) is 0 Å². The van der Waals surface area contributed by atoms with Gasteiger partial charge in [-0.3, -0.25) is 19.3 Å². The zero-order chi connectivity index (χ0) is 17.6. The van der Waals surface area contributed by atoms with Crippen LogP contribution >= 0.6 is 0 Å². The van der Waals surface area contributed by atoms with Crippen LogP contribution < -0.4 is 5.32 Å². The lowest BCUT2D eigenvalue weighted by Crippen LogP contribution is -2.42. The van der Waals surface area contributed by atoms with E-state index in [2.05, 4.69) is 5.32 Å². The van der Waals surface area contributed by atoms with Crippen molar-refractivity contribution in [1.82, 2.24) is 10.2 Å². The van der Waals surface area contributed by atoms with Crippen LogP contribution in [0.1, 0.15) is 12.0 Å². The molecule has 3 amide bonds. The smallest absolute Gasteiger partial charge is 0.240 e. The predicted molar refractivity (Wildman–Crippen MR) is 87.6 cm³/mol. The van der Waals surface area contributed by atoms with Crippen LogP contribution in [0.4, 0.5) is 4.39 Å². The lowest BCUT2D eigenvalue weighted by Gasteiger charge is -2.16. The molecule has 3 aliphatic rings. The standard InChI is InChI=1S/C19H19FN2O3/c20-14-3-1-2-11(8-14)6-7-21-15(23)10-22-18(24)16-12-4-5-13(9-12)17(16)19(22)25/h1-5,8,12-13,16-17H,6-7,9-10H2,(H,21,23). The SMILES string of the molecule is O=C(CN1C(=O)C2C3C=CC(C3)C2C1=O)NCCc1cccc(F)c1. The molecular formula is C19H19FN2O3. The van der Waals surface area contributed by atoms with Gasteiger partial charge in [0.2, 0.25) is 17.7 Å². The highest BCUT2D eigenvalue weighted by molar-refractivity contribution is 6.08. The number of nitrogens with zero attached hydrogens (tertiary/aromatic N) is 1. The van der Waals surface area contributed by atoms with Crippen molar-refractivity contribution in [2.75, 3.05) is 13.1 Å². The number of likely N-dealkylation sites (tertiary alicyclic amines) is 1. The van der Waals surface area contributed by atoms with Crippen molar-refractivity contribution < 1.29 is 18.8 Å². The third-order valence-electron chi connectivity index (χ3n) is 5.49. The lowest BCUT2D eigenvalue weighted by atomic mass is 9.85. The molecule has 4 atom stereocenters. The molecule has 1 heterocycles. The van der Waals surface area contributed by atoms with Gasteiger partial charge < -0.3 is 5.32 Å². The Hall–Kier alpha value is -2.50. The largest absolute Gasteiger partial charge is 0.354 e. The van der Waals surface area contributed by atoms with Crippen molar-refractivity contribution >= 4 is 17.7 Å². The van der Waals surface area contributed by atoms with Crippen LogP contribution in [0.3, 0.4) is 0 Å². The van der Waals surface area contributed by atoms with Gasteiger partial charge in [-0.15, -0.1) is 0 Å². The molecule has 25 heavy (non-hydrogen) atoms. The summed E-state index contributed by atoms with van der Waals surface area (Å²) in [6.07, 6.45) is 5.42. The van der Waals surface area contributed by atoms with Gasteiger partial charge >= 0.3 is 0 Å². The van der Waals surface area contributed by atoms with Crippen LogP contribution in [-0.4, -0.2) is 35.7 Å². The normalized spacial score (nSPS) is 29.4. The topological polar surface area (TPSA) is 66.5 Å². The first-order chi connectivity index (χ1) is 12.0. The van der Waals surface area contributed by atoms with Crippen LogP contribution in [-0.2, 0) is 20.8 Å². The second kappa shape index (κ2) is 6.10. The Kier molecular flexibility index (Phi) is 3.90. The van der Waals surface area contributed by atoms with Gasteiger partial charge in [-0.25, -0.2) is 4.39 Å². The maximum Gasteiger partial charge on any atom is 0.240 e. The molecule has 0 aromatic heterocycles. The Bertz CT molecular complexity index is 746. The van der Waals surface area contributed by atoms with Gasteiger partial charge in [0, 0.05) is 6.54 Å². The summed E-state index contributed by atoms with van der Waals surface area (Å²) >= 11 is 0. The van der Waals surface area contributed by atoms with Gasteiger partial charge in [0.05, 0.1) is 11.8 Å². The fourth-order valence-electron chi connectivity index (χ4n) is 4.36. The molecule has 4 rings (SSSR count). The van der Waals surface area contributed by atoms with Crippen LogP contribution in [0.15, 0.2) is 36.4 Å². The second-order valence-electron chi connectivity index (χ2n) is 6.99. The molecule has 130 valence electrons. The Balaban J connectivity index is 1.31. The van der Waals surface area contributed by atoms with Gasteiger partial charge in [-0.05, 0) is 42.4 Å². The molecule has 2 bridgehead atoms. The summed E-state index contributed by atoms with van der Waals surface area (Å²) in [6, 6.07) is 6.19. The summed E-state index contributed by atoms with van der Waals surface area (Å²) < 4.78 is 13.1. The van der Waals surface area contributed by atoms with Crippen molar-refractivity contribution in [3.05, 3.63) is 47.8 Å². The first-order valence-corrected chi connectivity index (χ1v) is 8.59. The molecule has 1 aliphatic heterocycles. The Labute approximate surface area is 144 Å². The van der Waals surface area contributed by atoms with Crippen molar-refractivity contribution in [2.24, 2.45) is 23.7 Å². The molecule has 0 radical (unpaired) electrons. The zero-order valence-electron chi connectivity index (χ0n) is 13.7. The number of imide groups is 1. The Morgan fingerprint density at radius 3 is 2.48 bits per heavy atom. The average Bonchev–Trinajstić information content (AvgIpc) is 3.25. The van der Waals surface area contributed by atoms with Crippen molar-refractivity contribution in [2.45, 2.75) is 12.8 Å². The van der Waals surface area contributed by atoms with Crippen LogP contribution in [0.2, 0.25) is 0 Å². The third-order valence-corrected chi connectivity index (χ3v) is 5.49. The number of amides is 3. The number of carbonyl (C=O) groups is 3. The van der Waals surface area contributed by atoms with E-state index in [1.54, 1.807) is 12.1 Å². The maximum atomic E-state index is 13.1. The highest BCUT2D eigenvalue weighted by atomic mass is 19.1. The zero-order valence-corrected chi connectivity index (χ0v) is 13.7. The second-order valence-corrected chi connectivity index (χ2v) is 6.99. The van der Waals surface area contributed by atoms with Crippen LogP contribution in [0.5, 0.6) is 0 Å². The number of halogens is 1. The number of hydrogen-bond acceptors (Lipinski definition) is 3. The molecule has 1 aromatic carbocycles. The number of allylic oxidation sites excluding steroid dienone is 2.